The van der Waals surface area contributed by atoms with Crippen LogP contribution in [0.3, 0.4) is 0 Å². The average Bonchev–Trinajstić information content (AvgIpc) is 3.02. The Bertz CT molecular complexity index is 819. The number of carbonyl (C=O) groups is 2. The van der Waals surface area contributed by atoms with Crippen LogP contribution < -0.4 is 10.2 Å². The van der Waals surface area contributed by atoms with Crippen molar-refractivity contribution in [2.75, 3.05) is 11.4 Å². The summed E-state index contributed by atoms with van der Waals surface area (Å²) < 4.78 is 13.7. The summed E-state index contributed by atoms with van der Waals surface area (Å²) in [5.74, 6) is -0.750. The third kappa shape index (κ3) is 3.77. The number of amides is 2. The fourth-order valence-corrected chi connectivity index (χ4v) is 3.31. The number of carbonyl (C=O) groups excluding carboxylic acids is 2. The lowest BCUT2D eigenvalue weighted by atomic mass is 10.0. The van der Waals surface area contributed by atoms with Gasteiger partial charge in [0.15, 0.2) is 0 Å². The van der Waals surface area contributed by atoms with Gasteiger partial charge in [0.2, 0.25) is 11.8 Å². The molecule has 136 valence electrons. The number of hydrogen-bond donors (Lipinski definition) is 1. The van der Waals surface area contributed by atoms with E-state index in [-0.39, 0.29) is 36.5 Å². The number of rotatable bonds is 5. The highest BCUT2D eigenvalue weighted by Crippen LogP contribution is 2.32. The van der Waals surface area contributed by atoms with Crippen LogP contribution in [0.25, 0.3) is 0 Å². The maximum Gasteiger partial charge on any atom is 0.227 e. The van der Waals surface area contributed by atoms with E-state index in [1.165, 1.54) is 6.07 Å². The predicted octanol–water partition coefficient (Wildman–Crippen LogP) is 3.62. The van der Waals surface area contributed by atoms with Crippen LogP contribution in [0.15, 0.2) is 48.5 Å². The van der Waals surface area contributed by atoms with E-state index < -0.39 is 5.92 Å². The van der Waals surface area contributed by atoms with Gasteiger partial charge in [-0.05, 0) is 23.6 Å². The Kier molecular flexibility index (Phi) is 5.35. The summed E-state index contributed by atoms with van der Waals surface area (Å²) in [6.45, 7) is 4.64. The molecular weight excluding hydrogens is 331 g/mol. The Balaban J connectivity index is 1.68. The van der Waals surface area contributed by atoms with E-state index in [0.717, 1.165) is 11.3 Å². The summed E-state index contributed by atoms with van der Waals surface area (Å²) in [6, 6.07) is 14.1. The number of para-hydroxylation sites is 1. The monoisotopic (exact) mass is 354 g/mol. The van der Waals surface area contributed by atoms with Gasteiger partial charge in [-0.1, -0.05) is 50.2 Å². The first-order valence-corrected chi connectivity index (χ1v) is 8.87. The molecule has 2 aromatic rings. The molecule has 1 saturated heterocycles. The van der Waals surface area contributed by atoms with E-state index in [9.17, 15) is 14.0 Å². The van der Waals surface area contributed by atoms with E-state index in [4.69, 9.17) is 0 Å². The molecule has 2 aromatic carbocycles. The van der Waals surface area contributed by atoms with E-state index in [0.29, 0.717) is 12.1 Å². The molecule has 1 atom stereocenters. The van der Waals surface area contributed by atoms with Gasteiger partial charge in [0.1, 0.15) is 5.82 Å². The number of halogens is 1. The molecule has 3 rings (SSSR count). The zero-order valence-electron chi connectivity index (χ0n) is 15.0. The number of nitrogens with zero attached hydrogens (tertiary/aromatic N) is 1. The van der Waals surface area contributed by atoms with E-state index in [2.05, 4.69) is 19.2 Å². The predicted molar refractivity (Wildman–Crippen MR) is 99.2 cm³/mol. The molecule has 1 unspecified atom stereocenters. The molecule has 0 spiro atoms. The van der Waals surface area contributed by atoms with Crippen molar-refractivity contribution < 1.29 is 14.0 Å². The van der Waals surface area contributed by atoms with Crippen LogP contribution in [0.4, 0.5) is 10.1 Å². The molecule has 0 aromatic heterocycles. The van der Waals surface area contributed by atoms with Gasteiger partial charge in [-0.15, -0.1) is 0 Å². The van der Waals surface area contributed by atoms with Crippen LogP contribution >= 0.6 is 0 Å². The lowest BCUT2D eigenvalue weighted by Gasteiger charge is -2.22. The Hall–Kier alpha value is -2.69. The van der Waals surface area contributed by atoms with E-state index >= 15 is 0 Å². The van der Waals surface area contributed by atoms with Gasteiger partial charge in [0.05, 0.1) is 5.92 Å². The third-order valence-corrected chi connectivity index (χ3v) is 4.76. The van der Waals surface area contributed by atoms with Crippen LogP contribution in [0.2, 0.25) is 0 Å². The molecule has 2 amide bonds. The van der Waals surface area contributed by atoms with Crippen molar-refractivity contribution in [3.8, 4) is 0 Å². The minimum absolute atomic E-state index is 0.0517. The fraction of sp³-hybridized carbons (Fsp3) is 0.333. The highest BCUT2D eigenvalue weighted by Gasteiger charge is 2.36. The van der Waals surface area contributed by atoms with E-state index in [1.807, 2.05) is 24.3 Å². The summed E-state index contributed by atoms with van der Waals surface area (Å²) in [7, 11) is 0. The summed E-state index contributed by atoms with van der Waals surface area (Å²) in [5, 5.41) is 2.75. The van der Waals surface area contributed by atoms with Gasteiger partial charge in [0.25, 0.3) is 0 Å². The third-order valence-electron chi connectivity index (χ3n) is 4.76. The second-order valence-corrected chi connectivity index (χ2v) is 6.93. The first-order chi connectivity index (χ1) is 12.5. The first-order valence-electron chi connectivity index (χ1n) is 8.87. The normalized spacial score (nSPS) is 17.0. The zero-order chi connectivity index (χ0) is 18.7. The molecule has 4 nitrogen and oxygen atoms in total. The van der Waals surface area contributed by atoms with Crippen LogP contribution in [0.5, 0.6) is 0 Å². The summed E-state index contributed by atoms with van der Waals surface area (Å²) in [6.07, 6.45) is 0.176. The number of nitrogens with one attached hydrogen (secondary N) is 1. The standard InChI is InChI=1S/C21H23FN2O2/c1-14(2)17-8-4-6-10-19(17)24-13-16(11-20(24)25)21(26)23-12-15-7-3-5-9-18(15)22/h3-10,14,16H,11-13H2,1-2H3,(H,23,26). The molecule has 1 aliphatic rings. The summed E-state index contributed by atoms with van der Waals surface area (Å²) in [5.41, 5.74) is 2.40. The molecule has 0 aliphatic carbocycles. The Morgan fingerprint density at radius 2 is 1.88 bits per heavy atom. The molecule has 1 heterocycles. The second-order valence-electron chi connectivity index (χ2n) is 6.93. The molecule has 5 heteroatoms. The summed E-state index contributed by atoms with van der Waals surface area (Å²) in [4.78, 5) is 26.6. The van der Waals surface area contributed by atoms with Gasteiger partial charge in [-0.2, -0.15) is 0 Å². The second kappa shape index (κ2) is 7.68. The van der Waals surface area contributed by atoms with Gasteiger partial charge in [-0.3, -0.25) is 9.59 Å². The number of benzene rings is 2. The van der Waals surface area contributed by atoms with Crippen molar-refractivity contribution in [3.05, 3.63) is 65.5 Å². The molecule has 0 bridgehead atoms. The largest absolute Gasteiger partial charge is 0.352 e. The molecule has 0 saturated carbocycles. The van der Waals surface area contributed by atoms with Crippen LogP contribution in [-0.2, 0) is 16.1 Å². The molecule has 26 heavy (non-hydrogen) atoms. The molecule has 0 radical (unpaired) electrons. The van der Waals surface area contributed by atoms with Crippen molar-refractivity contribution in [1.29, 1.82) is 0 Å². The average molecular weight is 354 g/mol. The maximum atomic E-state index is 13.7. The smallest absolute Gasteiger partial charge is 0.227 e. The van der Waals surface area contributed by atoms with Crippen molar-refractivity contribution in [1.82, 2.24) is 5.32 Å². The number of hydrogen-bond acceptors (Lipinski definition) is 2. The minimum atomic E-state index is -0.422. The Labute approximate surface area is 153 Å². The van der Waals surface area contributed by atoms with Crippen molar-refractivity contribution in [2.24, 2.45) is 5.92 Å². The number of anilines is 1. The van der Waals surface area contributed by atoms with Crippen LogP contribution in [0.1, 0.15) is 37.3 Å². The molecule has 1 N–H and O–H groups in total. The molecule has 1 fully saturated rings. The summed E-state index contributed by atoms with van der Waals surface area (Å²) >= 11 is 0. The Morgan fingerprint density at radius 3 is 2.62 bits per heavy atom. The SMILES string of the molecule is CC(C)c1ccccc1N1CC(C(=O)NCc2ccccc2F)CC1=O. The van der Waals surface area contributed by atoms with Gasteiger partial charge >= 0.3 is 0 Å². The van der Waals surface area contributed by atoms with Gasteiger partial charge < -0.3 is 10.2 Å². The topological polar surface area (TPSA) is 49.4 Å². The Morgan fingerprint density at radius 1 is 1.19 bits per heavy atom. The van der Waals surface area contributed by atoms with E-state index in [1.54, 1.807) is 23.1 Å². The highest BCUT2D eigenvalue weighted by molar-refractivity contribution is 6.00. The lowest BCUT2D eigenvalue weighted by molar-refractivity contribution is -0.126. The zero-order valence-corrected chi connectivity index (χ0v) is 15.0. The lowest BCUT2D eigenvalue weighted by Crippen LogP contribution is -2.33. The quantitative estimate of drug-likeness (QED) is 0.892. The fourth-order valence-electron chi connectivity index (χ4n) is 3.31. The van der Waals surface area contributed by atoms with Crippen molar-refractivity contribution >= 4 is 17.5 Å². The van der Waals surface area contributed by atoms with Crippen LogP contribution in [-0.4, -0.2) is 18.4 Å². The highest BCUT2D eigenvalue weighted by atomic mass is 19.1. The van der Waals surface area contributed by atoms with Gasteiger partial charge in [-0.25, -0.2) is 4.39 Å². The van der Waals surface area contributed by atoms with Crippen molar-refractivity contribution in [2.45, 2.75) is 32.7 Å². The maximum absolute atomic E-state index is 13.7. The molecule has 1 aliphatic heterocycles. The van der Waals surface area contributed by atoms with Crippen molar-refractivity contribution in [3.63, 3.8) is 0 Å². The van der Waals surface area contributed by atoms with Crippen LogP contribution in [0, 0.1) is 11.7 Å². The first kappa shape index (κ1) is 18.1. The minimum Gasteiger partial charge on any atom is -0.352 e. The molecular formula is C21H23FN2O2. The van der Waals surface area contributed by atoms with Gasteiger partial charge in [0, 0.05) is 30.8 Å².